The van der Waals surface area contributed by atoms with Crippen LogP contribution in [-0.4, -0.2) is 59.6 Å². The molecule has 0 spiro atoms. The summed E-state index contributed by atoms with van der Waals surface area (Å²) in [5.41, 5.74) is 0. The standard InChI is InChI=1S/C10H20O5/c1-6(2)4-14-5-8-10(13)9(12)7(3-11)15-8/h6-13H,3-5H2,1-2H3/t7-,8+,9-,10-/m1/s1. The Morgan fingerprint density at radius 1 is 1.20 bits per heavy atom. The lowest BCUT2D eigenvalue weighted by molar-refractivity contribution is -0.0590. The van der Waals surface area contributed by atoms with E-state index in [1.807, 2.05) is 13.8 Å². The van der Waals surface area contributed by atoms with Crippen molar-refractivity contribution >= 4 is 0 Å². The lowest BCUT2D eigenvalue weighted by atomic mass is 10.1. The van der Waals surface area contributed by atoms with Gasteiger partial charge in [-0.15, -0.1) is 0 Å². The van der Waals surface area contributed by atoms with Crippen LogP contribution in [0.1, 0.15) is 13.8 Å². The summed E-state index contributed by atoms with van der Waals surface area (Å²) in [7, 11) is 0. The third-order valence-electron chi connectivity index (χ3n) is 2.37. The molecule has 1 heterocycles. The summed E-state index contributed by atoms with van der Waals surface area (Å²) >= 11 is 0. The first-order chi connectivity index (χ1) is 7.06. The van der Waals surface area contributed by atoms with E-state index in [0.717, 1.165) is 0 Å². The average molecular weight is 220 g/mol. The molecule has 90 valence electrons. The molecule has 15 heavy (non-hydrogen) atoms. The summed E-state index contributed by atoms with van der Waals surface area (Å²) in [4.78, 5) is 0. The van der Waals surface area contributed by atoms with Gasteiger partial charge in [0.05, 0.1) is 13.2 Å². The molecule has 0 aromatic carbocycles. The van der Waals surface area contributed by atoms with Crippen molar-refractivity contribution in [2.75, 3.05) is 19.8 Å². The molecule has 1 fully saturated rings. The molecule has 0 radical (unpaired) electrons. The van der Waals surface area contributed by atoms with Gasteiger partial charge in [-0.25, -0.2) is 0 Å². The molecule has 0 aromatic heterocycles. The zero-order valence-electron chi connectivity index (χ0n) is 9.17. The zero-order valence-corrected chi connectivity index (χ0v) is 9.17. The van der Waals surface area contributed by atoms with Crippen LogP contribution < -0.4 is 0 Å². The Morgan fingerprint density at radius 3 is 2.27 bits per heavy atom. The molecule has 1 aliphatic rings. The third-order valence-corrected chi connectivity index (χ3v) is 2.37. The van der Waals surface area contributed by atoms with Crippen molar-refractivity contribution in [2.45, 2.75) is 38.3 Å². The Bertz CT molecular complexity index is 185. The third kappa shape index (κ3) is 3.39. The van der Waals surface area contributed by atoms with Crippen LogP contribution in [-0.2, 0) is 9.47 Å². The minimum Gasteiger partial charge on any atom is -0.394 e. The quantitative estimate of drug-likeness (QED) is 0.562. The lowest BCUT2D eigenvalue weighted by Gasteiger charge is -2.15. The molecule has 0 aromatic rings. The van der Waals surface area contributed by atoms with Crippen molar-refractivity contribution in [3.8, 4) is 0 Å². The molecular formula is C10H20O5. The smallest absolute Gasteiger partial charge is 0.111 e. The fraction of sp³-hybridized carbons (Fsp3) is 1.00. The Morgan fingerprint density at radius 2 is 1.80 bits per heavy atom. The summed E-state index contributed by atoms with van der Waals surface area (Å²) in [5.74, 6) is 0.419. The van der Waals surface area contributed by atoms with Crippen molar-refractivity contribution < 1.29 is 24.8 Å². The van der Waals surface area contributed by atoms with Gasteiger partial charge in [0.25, 0.3) is 0 Å². The van der Waals surface area contributed by atoms with E-state index in [4.69, 9.17) is 14.6 Å². The van der Waals surface area contributed by atoms with Crippen LogP contribution >= 0.6 is 0 Å². The second-order valence-corrected chi connectivity index (χ2v) is 4.31. The summed E-state index contributed by atoms with van der Waals surface area (Å²) in [6.07, 6.45) is -3.25. The van der Waals surface area contributed by atoms with Crippen molar-refractivity contribution in [3.63, 3.8) is 0 Å². The molecule has 5 nitrogen and oxygen atoms in total. The molecule has 0 aliphatic carbocycles. The summed E-state index contributed by atoms with van der Waals surface area (Å²) in [6.45, 7) is 4.59. The van der Waals surface area contributed by atoms with Gasteiger partial charge in [-0.2, -0.15) is 0 Å². The van der Waals surface area contributed by atoms with Crippen molar-refractivity contribution in [2.24, 2.45) is 5.92 Å². The highest BCUT2D eigenvalue weighted by molar-refractivity contribution is 4.90. The first kappa shape index (κ1) is 12.9. The maximum absolute atomic E-state index is 9.56. The van der Waals surface area contributed by atoms with E-state index in [2.05, 4.69) is 0 Å². The minimum absolute atomic E-state index is 0.243. The summed E-state index contributed by atoms with van der Waals surface area (Å²) < 4.78 is 10.6. The first-order valence-corrected chi connectivity index (χ1v) is 5.26. The van der Waals surface area contributed by atoms with E-state index in [9.17, 15) is 10.2 Å². The van der Waals surface area contributed by atoms with Crippen LogP contribution in [0, 0.1) is 5.92 Å². The van der Waals surface area contributed by atoms with Gasteiger partial charge in [0.1, 0.15) is 24.4 Å². The highest BCUT2D eigenvalue weighted by Gasteiger charge is 2.42. The van der Waals surface area contributed by atoms with Gasteiger partial charge in [-0.3, -0.25) is 0 Å². The molecule has 0 bridgehead atoms. The van der Waals surface area contributed by atoms with Crippen LogP contribution in [0.15, 0.2) is 0 Å². The second kappa shape index (κ2) is 5.77. The first-order valence-electron chi connectivity index (χ1n) is 5.26. The van der Waals surface area contributed by atoms with E-state index in [0.29, 0.717) is 12.5 Å². The maximum Gasteiger partial charge on any atom is 0.111 e. The van der Waals surface area contributed by atoms with E-state index in [-0.39, 0.29) is 13.2 Å². The molecule has 4 atom stereocenters. The van der Waals surface area contributed by atoms with Crippen LogP contribution in [0.2, 0.25) is 0 Å². The molecule has 1 rings (SSSR count). The van der Waals surface area contributed by atoms with E-state index in [1.54, 1.807) is 0 Å². The molecule has 0 unspecified atom stereocenters. The van der Waals surface area contributed by atoms with Crippen molar-refractivity contribution in [1.82, 2.24) is 0 Å². The number of hydrogen-bond acceptors (Lipinski definition) is 5. The topological polar surface area (TPSA) is 79.2 Å². The van der Waals surface area contributed by atoms with Crippen LogP contribution in [0.25, 0.3) is 0 Å². The van der Waals surface area contributed by atoms with Crippen molar-refractivity contribution in [3.05, 3.63) is 0 Å². The Balaban J connectivity index is 2.31. The predicted octanol–water partition coefficient (Wildman–Crippen LogP) is -0.860. The molecule has 0 amide bonds. The Kier molecular flexibility index (Phi) is 4.95. The van der Waals surface area contributed by atoms with E-state index < -0.39 is 24.4 Å². The predicted molar refractivity (Wildman–Crippen MR) is 53.4 cm³/mol. The number of ether oxygens (including phenoxy) is 2. The largest absolute Gasteiger partial charge is 0.394 e. The van der Waals surface area contributed by atoms with Gasteiger partial charge < -0.3 is 24.8 Å². The van der Waals surface area contributed by atoms with Gasteiger partial charge >= 0.3 is 0 Å². The Labute approximate surface area is 89.6 Å². The molecule has 1 aliphatic heterocycles. The van der Waals surface area contributed by atoms with E-state index >= 15 is 0 Å². The molecule has 0 saturated carbocycles. The van der Waals surface area contributed by atoms with Gasteiger partial charge in [0.2, 0.25) is 0 Å². The zero-order chi connectivity index (χ0) is 11.4. The van der Waals surface area contributed by atoms with Gasteiger partial charge in [0.15, 0.2) is 0 Å². The molecular weight excluding hydrogens is 200 g/mol. The fourth-order valence-electron chi connectivity index (χ4n) is 1.53. The summed E-state index contributed by atoms with van der Waals surface area (Å²) in [6, 6.07) is 0. The second-order valence-electron chi connectivity index (χ2n) is 4.31. The number of hydrogen-bond donors (Lipinski definition) is 3. The SMILES string of the molecule is CC(C)COC[C@@H]1O[C@H](CO)[C@@H](O)[C@@H]1O. The molecule has 1 saturated heterocycles. The van der Waals surface area contributed by atoms with Crippen molar-refractivity contribution in [1.29, 1.82) is 0 Å². The van der Waals surface area contributed by atoms with Gasteiger partial charge in [0, 0.05) is 6.61 Å². The highest BCUT2D eigenvalue weighted by Crippen LogP contribution is 2.21. The lowest BCUT2D eigenvalue weighted by Crippen LogP contribution is -2.35. The fourth-order valence-corrected chi connectivity index (χ4v) is 1.53. The highest BCUT2D eigenvalue weighted by atomic mass is 16.6. The maximum atomic E-state index is 9.56. The van der Waals surface area contributed by atoms with Crippen LogP contribution in [0.5, 0.6) is 0 Å². The Hall–Kier alpha value is -0.200. The van der Waals surface area contributed by atoms with Gasteiger partial charge in [-0.1, -0.05) is 13.8 Å². The van der Waals surface area contributed by atoms with Gasteiger partial charge in [-0.05, 0) is 5.92 Å². The van der Waals surface area contributed by atoms with E-state index in [1.165, 1.54) is 0 Å². The van der Waals surface area contributed by atoms with Crippen LogP contribution in [0.4, 0.5) is 0 Å². The summed E-state index contributed by atoms with van der Waals surface area (Å²) in [5, 5.41) is 27.9. The normalized spacial score (nSPS) is 36.4. The number of rotatable bonds is 5. The monoisotopic (exact) mass is 220 g/mol. The number of aliphatic hydroxyl groups excluding tert-OH is 3. The minimum atomic E-state index is -1.03. The molecule has 3 N–H and O–H groups in total. The average Bonchev–Trinajstić information content (AvgIpc) is 2.45. The molecule has 5 heteroatoms. The van der Waals surface area contributed by atoms with Crippen LogP contribution in [0.3, 0.4) is 0 Å². The number of aliphatic hydroxyl groups is 3.